The second kappa shape index (κ2) is 8.65. The molecule has 0 bridgehead atoms. The first kappa shape index (κ1) is 21.7. The highest BCUT2D eigenvalue weighted by molar-refractivity contribution is 5.91. The maximum atomic E-state index is 12.6. The number of aromatic nitrogens is 4. The molecule has 2 fully saturated rings. The summed E-state index contributed by atoms with van der Waals surface area (Å²) in [7, 11) is 0. The fraction of sp³-hybridized carbons (Fsp3) is 0.520. The molecule has 1 saturated heterocycles. The Morgan fingerprint density at radius 1 is 1.03 bits per heavy atom. The summed E-state index contributed by atoms with van der Waals surface area (Å²) in [5.74, 6) is 2.32. The monoisotopic (exact) mass is 447 g/mol. The van der Waals surface area contributed by atoms with Gasteiger partial charge >= 0.3 is 6.03 Å². The fourth-order valence-electron chi connectivity index (χ4n) is 4.47. The van der Waals surface area contributed by atoms with Crippen LogP contribution < -0.4 is 10.2 Å². The lowest BCUT2D eigenvalue weighted by Crippen LogP contribution is -2.44. The average molecular weight is 448 g/mol. The van der Waals surface area contributed by atoms with E-state index >= 15 is 0 Å². The zero-order valence-electron chi connectivity index (χ0n) is 20.0. The first-order valence-electron chi connectivity index (χ1n) is 12.1. The van der Waals surface area contributed by atoms with E-state index in [1.165, 1.54) is 5.56 Å². The maximum absolute atomic E-state index is 12.6. The molecule has 8 heteroatoms. The number of aryl methyl sites for hydroxylation is 2. The molecule has 2 amide bonds. The number of nitrogens with one attached hydrogen (secondary N) is 1. The maximum Gasteiger partial charge on any atom is 0.317 e. The van der Waals surface area contributed by atoms with E-state index in [4.69, 9.17) is 15.1 Å². The summed E-state index contributed by atoms with van der Waals surface area (Å²) in [6, 6.07) is 8.55. The van der Waals surface area contributed by atoms with Crippen molar-refractivity contribution in [3.63, 3.8) is 0 Å². The normalized spacial score (nSPS) is 17.0. The molecule has 0 unspecified atom stereocenters. The van der Waals surface area contributed by atoms with Gasteiger partial charge in [0.25, 0.3) is 0 Å². The molecule has 2 aromatic heterocycles. The predicted octanol–water partition coefficient (Wildman–Crippen LogP) is 3.94. The summed E-state index contributed by atoms with van der Waals surface area (Å²) in [6.45, 7) is 11.1. The van der Waals surface area contributed by atoms with Crippen LogP contribution in [0.1, 0.15) is 56.1 Å². The number of fused-ring (bicyclic) bond motifs is 1. The number of carbonyl (C=O) groups is 1. The summed E-state index contributed by atoms with van der Waals surface area (Å²) >= 11 is 0. The zero-order valence-corrected chi connectivity index (χ0v) is 20.0. The van der Waals surface area contributed by atoms with Gasteiger partial charge in [0, 0.05) is 38.1 Å². The standard InChI is InChI=1S/C25H33N7O/c1-16(2)26-25(33)31-13-5-12-30(14-15-31)23-21-18(4)29-32(20-10-6-17(3)7-11-20)24(21)28-22(27-23)19-8-9-19/h6-7,10-11,16,19H,5,8-9,12-15H2,1-4H3,(H,26,33). The van der Waals surface area contributed by atoms with E-state index in [-0.39, 0.29) is 12.1 Å². The van der Waals surface area contributed by atoms with Gasteiger partial charge in [-0.3, -0.25) is 0 Å². The van der Waals surface area contributed by atoms with Gasteiger partial charge in [0.05, 0.1) is 16.8 Å². The molecule has 5 rings (SSSR count). The van der Waals surface area contributed by atoms with Crippen LogP contribution in [-0.4, -0.2) is 62.9 Å². The molecule has 174 valence electrons. The molecule has 1 aliphatic heterocycles. The molecule has 0 atom stereocenters. The van der Waals surface area contributed by atoms with Crippen LogP contribution in [0.2, 0.25) is 0 Å². The van der Waals surface area contributed by atoms with Crippen molar-refractivity contribution in [1.29, 1.82) is 0 Å². The highest BCUT2D eigenvalue weighted by Crippen LogP contribution is 2.40. The van der Waals surface area contributed by atoms with Crippen molar-refractivity contribution in [3.05, 3.63) is 41.3 Å². The number of hydrogen-bond acceptors (Lipinski definition) is 5. The number of benzene rings is 1. The molecule has 33 heavy (non-hydrogen) atoms. The first-order chi connectivity index (χ1) is 15.9. The van der Waals surface area contributed by atoms with Gasteiger partial charge in [0.15, 0.2) is 5.65 Å². The number of anilines is 1. The molecule has 3 aromatic rings. The lowest BCUT2D eigenvalue weighted by atomic mass is 10.2. The third kappa shape index (κ3) is 4.38. The molecule has 1 aliphatic carbocycles. The Balaban J connectivity index is 1.53. The van der Waals surface area contributed by atoms with E-state index in [0.29, 0.717) is 12.5 Å². The SMILES string of the molecule is Cc1ccc(-n2nc(C)c3c(N4CCCN(C(=O)NC(C)C)CC4)nc(C4CC4)nc32)cc1. The van der Waals surface area contributed by atoms with Crippen molar-refractivity contribution in [2.45, 2.75) is 58.9 Å². The van der Waals surface area contributed by atoms with E-state index in [9.17, 15) is 4.79 Å². The third-order valence-electron chi connectivity index (χ3n) is 6.42. The molecule has 2 aliphatic rings. The van der Waals surface area contributed by atoms with Crippen LogP contribution in [0.4, 0.5) is 10.6 Å². The molecule has 0 radical (unpaired) electrons. The molecule has 0 spiro atoms. The van der Waals surface area contributed by atoms with Crippen LogP contribution in [0.25, 0.3) is 16.7 Å². The number of rotatable bonds is 4. The average Bonchev–Trinajstić information content (AvgIpc) is 3.60. The summed E-state index contributed by atoms with van der Waals surface area (Å²) in [5, 5.41) is 8.91. The Hall–Kier alpha value is -3.16. The van der Waals surface area contributed by atoms with E-state index in [1.807, 2.05) is 30.4 Å². The number of urea groups is 1. The summed E-state index contributed by atoms with van der Waals surface area (Å²) in [5.41, 5.74) is 4.04. The van der Waals surface area contributed by atoms with Gasteiger partial charge in [-0.25, -0.2) is 19.4 Å². The van der Waals surface area contributed by atoms with E-state index in [1.54, 1.807) is 0 Å². The molecule has 1 N–H and O–H groups in total. The smallest absolute Gasteiger partial charge is 0.317 e. The topological polar surface area (TPSA) is 79.2 Å². The lowest BCUT2D eigenvalue weighted by Gasteiger charge is -2.24. The van der Waals surface area contributed by atoms with Gasteiger partial charge in [-0.05, 0) is 59.1 Å². The molecule has 1 saturated carbocycles. The highest BCUT2D eigenvalue weighted by atomic mass is 16.2. The van der Waals surface area contributed by atoms with E-state index < -0.39 is 0 Å². The van der Waals surface area contributed by atoms with Gasteiger partial charge in [-0.1, -0.05) is 17.7 Å². The summed E-state index contributed by atoms with van der Waals surface area (Å²) in [6.07, 6.45) is 3.19. The minimum atomic E-state index is 0.0155. The minimum Gasteiger partial charge on any atom is -0.354 e. The van der Waals surface area contributed by atoms with Gasteiger partial charge in [0.1, 0.15) is 11.6 Å². The van der Waals surface area contributed by atoms with E-state index in [2.05, 4.69) is 41.4 Å². The zero-order chi connectivity index (χ0) is 23.1. The van der Waals surface area contributed by atoms with Crippen LogP contribution in [0.3, 0.4) is 0 Å². The lowest BCUT2D eigenvalue weighted by molar-refractivity contribution is 0.199. The number of carbonyl (C=O) groups excluding carboxylic acids is 1. The van der Waals surface area contributed by atoms with Gasteiger partial charge in [0.2, 0.25) is 0 Å². The molecule has 3 heterocycles. The van der Waals surface area contributed by atoms with Crippen LogP contribution in [-0.2, 0) is 0 Å². The Labute approximate surface area is 195 Å². The second-order valence-electron chi connectivity index (χ2n) is 9.64. The minimum absolute atomic E-state index is 0.0155. The Morgan fingerprint density at radius 3 is 2.48 bits per heavy atom. The van der Waals surface area contributed by atoms with Crippen LogP contribution in [0.15, 0.2) is 24.3 Å². The van der Waals surface area contributed by atoms with Crippen molar-refractivity contribution >= 4 is 22.9 Å². The molecule has 8 nitrogen and oxygen atoms in total. The second-order valence-corrected chi connectivity index (χ2v) is 9.64. The number of amides is 2. The van der Waals surface area contributed by atoms with Crippen molar-refractivity contribution in [2.75, 3.05) is 31.1 Å². The Kier molecular flexibility index (Phi) is 5.68. The quantitative estimate of drug-likeness (QED) is 0.655. The summed E-state index contributed by atoms with van der Waals surface area (Å²) in [4.78, 5) is 26.9. The van der Waals surface area contributed by atoms with Crippen LogP contribution >= 0.6 is 0 Å². The fourth-order valence-corrected chi connectivity index (χ4v) is 4.47. The largest absolute Gasteiger partial charge is 0.354 e. The Morgan fingerprint density at radius 2 is 1.79 bits per heavy atom. The summed E-state index contributed by atoms with van der Waals surface area (Å²) < 4.78 is 1.96. The third-order valence-corrected chi connectivity index (χ3v) is 6.42. The molecular weight excluding hydrogens is 414 g/mol. The van der Waals surface area contributed by atoms with Crippen molar-refractivity contribution in [2.24, 2.45) is 0 Å². The van der Waals surface area contributed by atoms with E-state index in [0.717, 1.165) is 73.0 Å². The molecular formula is C25H33N7O. The van der Waals surface area contributed by atoms with Crippen molar-refractivity contribution in [1.82, 2.24) is 30.0 Å². The highest BCUT2D eigenvalue weighted by Gasteiger charge is 2.31. The molecule has 1 aromatic carbocycles. The first-order valence-corrected chi connectivity index (χ1v) is 12.1. The van der Waals surface area contributed by atoms with Crippen molar-refractivity contribution < 1.29 is 4.79 Å². The predicted molar refractivity (Wildman–Crippen MR) is 130 cm³/mol. The van der Waals surface area contributed by atoms with Crippen molar-refractivity contribution in [3.8, 4) is 5.69 Å². The van der Waals surface area contributed by atoms with Crippen LogP contribution in [0.5, 0.6) is 0 Å². The number of nitrogens with zero attached hydrogens (tertiary/aromatic N) is 6. The Bertz CT molecular complexity index is 1160. The van der Waals surface area contributed by atoms with Gasteiger partial charge in [-0.15, -0.1) is 0 Å². The van der Waals surface area contributed by atoms with Gasteiger partial charge in [-0.2, -0.15) is 5.10 Å². The number of hydrogen-bond donors (Lipinski definition) is 1. The van der Waals surface area contributed by atoms with Crippen LogP contribution in [0, 0.1) is 13.8 Å². The van der Waals surface area contributed by atoms with Gasteiger partial charge < -0.3 is 15.1 Å².